The van der Waals surface area contributed by atoms with Gasteiger partial charge in [-0.2, -0.15) is 4.57 Å². The maximum Gasteiger partial charge on any atom is 0.261 e. The molecule has 21 heavy (non-hydrogen) atoms. The summed E-state index contributed by atoms with van der Waals surface area (Å²) in [5.41, 5.74) is 1.26. The van der Waals surface area contributed by atoms with E-state index in [0.29, 0.717) is 0 Å². The topological polar surface area (TPSA) is 8.81 Å². The molecule has 1 aromatic carbocycles. The van der Waals surface area contributed by atoms with Crippen LogP contribution in [0.5, 0.6) is 0 Å². The van der Waals surface area contributed by atoms with Crippen LogP contribution in [0.4, 0.5) is 0 Å². The predicted molar refractivity (Wildman–Crippen MR) is 88.7 cm³/mol. The summed E-state index contributed by atoms with van der Waals surface area (Å²) in [7, 11) is 0. The van der Waals surface area contributed by atoms with Gasteiger partial charge in [-0.25, -0.2) is 4.57 Å². The standard InChI is InChI=1S/C19H29N2/c1-3-5-6-7-8-12-15-20-16-17-21(19(20)4-2)18-13-10-9-11-14-18/h9-11,13-14,16-17H,3-8,12,15H2,1-2H3/q+1. The van der Waals surface area contributed by atoms with Crippen LogP contribution in [-0.2, 0) is 13.0 Å². The van der Waals surface area contributed by atoms with Crippen molar-refractivity contribution >= 4 is 0 Å². The predicted octanol–water partition coefficient (Wildman–Crippen LogP) is 4.69. The first-order valence-electron chi connectivity index (χ1n) is 8.52. The van der Waals surface area contributed by atoms with Gasteiger partial charge >= 0.3 is 0 Å². The van der Waals surface area contributed by atoms with E-state index in [9.17, 15) is 0 Å². The van der Waals surface area contributed by atoms with Crippen molar-refractivity contribution in [2.45, 2.75) is 65.3 Å². The Morgan fingerprint density at radius 1 is 0.905 bits per heavy atom. The summed E-state index contributed by atoms with van der Waals surface area (Å²) in [5, 5.41) is 0. The minimum Gasteiger partial charge on any atom is -0.234 e. The lowest BCUT2D eigenvalue weighted by Crippen LogP contribution is -2.36. The molecule has 2 rings (SSSR count). The highest BCUT2D eigenvalue weighted by atomic mass is 15.1. The molecule has 0 amide bonds. The molecule has 0 spiro atoms. The summed E-state index contributed by atoms with van der Waals surface area (Å²) in [6.45, 7) is 5.66. The summed E-state index contributed by atoms with van der Waals surface area (Å²) < 4.78 is 4.74. The van der Waals surface area contributed by atoms with Crippen molar-refractivity contribution in [1.29, 1.82) is 0 Å². The van der Waals surface area contributed by atoms with Gasteiger partial charge < -0.3 is 0 Å². The Labute approximate surface area is 129 Å². The Bertz CT molecular complexity index is 514. The van der Waals surface area contributed by atoms with Crippen molar-refractivity contribution in [3.63, 3.8) is 0 Å². The second-order valence-electron chi connectivity index (χ2n) is 5.73. The number of benzene rings is 1. The second-order valence-corrected chi connectivity index (χ2v) is 5.73. The third-order valence-electron chi connectivity index (χ3n) is 4.11. The molecule has 0 radical (unpaired) electrons. The average molecular weight is 285 g/mol. The van der Waals surface area contributed by atoms with Crippen LogP contribution in [0.25, 0.3) is 5.69 Å². The number of imidazole rings is 1. The number of hydrogen-bond donors (Lipinski definition) is 0. The second kappa shape index (κ2) is 8.66. The van der Waals surface area contributed by atoms with Gasteiger partial charge in [0.1, 0.15) is 18.1 Å². The van der Waals surface area contributed by atoms with Gasteiger partial charge in [0.15, 0.2) is 0 Å². The van der Waals surface area contributed by atoms with Gasteiger partial charge in [0.2, 0.25) is 0 Å². The first-order valence-corrected chi connectivity index (χ1v) is 8.52. The van der Waals surface area contributed by atoms with Gasteiger partial charge in [-0.3, -0.25) is 0 Å². The summed E-state index contributed by atoms with van der Waals surface area (Å²) >= 11 is 0. The lowest BCUT2D eigenvalue weighted by atomic mass is 10.1. The quantitative estimate of drug-likeness (QED) is 0.467. The Kier molecular flexibility index (Phi) is 6.52. The maximum atomic E-state index is 2.42. The van der Waals surface area contributed by atoms with Gasteiger partial charge in [0.05, 0.1) is 6.54 Å². The van der Waals surface area contributed by atoms with Crippen molar-refractivity contribution in [2.24, 2.45) is 0 Å². The molecule has 0 aliphatic carbocycles. The lowest BCUT2D eigenvalue weighted by molar-refractivity contribution is -0.703. The van der Waals surface area contributed by atoms with Crippen molar-refractivity contribution in [3.8, 4) is 5.69 Å². The monoisotopic (exact) mass is 285 g/mol. The van der Waals surface area contributed by atoms with E-state index in [1.807, 2.05) is 0 Å². The molecule has 114 valence electrons. The Hall–Kier alpha value is -1.57. The fraction of sp³-hybridized carbons (Fsp3) is 0.526. The fourth-order valence-electron chi connectivity index (χ4n) is 2.92. The largest absolute Gasteiger partial charge is 0.261 e. The molecule has 0 bridgehead atoms. The van der Waals surface area contributed by atoms with Crippen LogP contribution in [0.1, 0.15) is 58.2 Å². The molecular weight excluding hydrogens is 256 g/mol. The zero-order valence-electron chi connectivity index (χ0n) is 13.6. The number of para-hydroxylation sites is 1. The lowest BCUT2D eigenvalue weighted by Gasteiger charge is -2.03. The number of rotatable bonds is 9. The highest BCUT2D eigenvalue weighted by Crippen LogP contribution is 2.10. The Balaban J connectivity index is 1.94. The zero-order chi connectivity index (χ0) is 14.9. The number of hydrogen-bond acceptors (Lipinski definition) is 0. The smallest absolute Gasteiger partial charge is 0.234 e. The zero-order valence-corrected chi connectivity index (χ0v) is 13.6. The molecular formula is C19H29N2+. The molecule has 0 N–H and O–H groups in total. The minimum atomic E-state index is 1.07. The third kappa shape index (κ3) is 4.45. The van der Waals surface area contributed by atoms with Crippen molar-refractivity contribution in [1.82, 2.24) is 4.57 Å². The van der Waals surface area contributed by atoms with Crippen LogP contribution in [0.3, 0.4) is 0 Å². The van der Waals surface area contributed by atoms with Crippen molar-refractivity contribution < 1.29 is 4.57 Å². The van der Waals surface area contributed by atoms with Crippen LogP contribution in [0.2, 0.25) is 0 Å². The Morgan fingerprint density at radius 2 is 1.62 bits per heavy atom. The summed E-state index contributed by atoms with van der Waals surface area (Å²) in [6, 6.07) is 10.6. The van der Waals surface area contributed by atoms with Crippen molar-refractivity contribution in [3.05, 3.63) is 48.5 Å². The number of nitrogens with zero attached hydrogens (tertiary/aromatic N) is 2. The first kappa shape index (κ1) is 15.8. The van der Waals surface area contributed by atoms with E-state index >= 15 is 0 Å². The third-order valence-corrected chi connectivity index (χ3v) is 4.11. The van der Waals surface area contributed by atoms with Crippen LogP contribution < -0.4 is 4.57 Å². The molecule has 2 heteroatoms. The summed E-state index contributed by atoms with van der Waals surface area (Å²) in [4.78, 5) is 0. The van der Waals surface area contributed by atoms with E-state index in [4.69, 9.17) is 0 Å². The Morgan fingerprint density at radius 3 is 2.33 bits per heavy atom. The summed E-state index contributed by atoms with van der Waals surface area (Å²) in [6.07, 6.45) is 13.6. The molecule has 0 aliphatic heterocycles. The van der Waals surface area contributed by atoms with E-state index in [1.165, 1.54) is 50.0 Å². The van der Waals surface area contributed by atoms with Gasteiger partial charge in [0.25, 0.3) is 5.82 Å². The van der Waals surface area contributed by atoms with E-state index in [1.54, 1.807) is 0 Å². The van der Waals surface area contributed by atoms with Crippen LogP contribution in [0.15, 0.2) is 42.7 Å². The highest BCUT2D eigenvalue weighted by Gasteiger charge is 2.16. The van der Waals surface area contributed by atoms with Crippen molar-refractivity contribution in [2.75, 3.05) is 0 Å². The van der Waals surface area contributed by atoms with Crippen LogP contribution in [-0.4, -0.2) is 4.57 Å². The molecule has 0 aliphatic rings. The van der Waals surface area contributed by atoms with E-state index in [-0.39, 0.29) is 0 Å². The molecule has 0 unspecified atom stereocenters. The molecule has 1 heterocycles. The average Bonchev–Trinajstić information content (AvgIpc) is 2.94. The van der Waals surface area contributed by atoms with E-state index in [2.05, 4.69) is 65.7 Å². The van der Waals surface area contributed by atoms with Crippen LogP contribution >= 0.6 is 0 Å². The molecule has 0 atom stereocenters. The molecule has 0 fully saturated rings. The number of aryl methyl sites for hydroxylation is 1. The molecule has 2 aromatic rings. The number of unbranched alkanes of at least 4 members (excludes halogenated alkanes) is 5. The SMILES string of the molecule is CCCCCCCC[n+]1ccn(-c2ccccc2)c1CC. The maximum absolute atomic E-state index is 2.42. The molecule has 2 nitrogen and oxygen atoms in total. The van der Waals surface area contributed by atoms with Gasteiger partial charge in [-0.1, -0.05) is 57.7 Å². The van der Waals surface area contributed by atoms with Gasteiger partial charge in [-0.15, -0.1) is 0 Å². The van der Waals surface area contributed by atoms with E-state index < -0.39 is 0 Å². The van der Waals surface area contributed by atoms with Crippen LogP contribution in [0, 0.1) is 0 Å². The molecule has 0 saturated carbocycles. The van der Waals surface area contributed by atoms with Gasteiger partial charge in [-0.05, 0) is 25.0 Å². The highest BCUT2D eigenvalue weighted by molar-refractivity contribution is 5.31. The summed E-state index contributed by atoms with van der Waals surface area (Å²) in [5.74, 6) is 1.40. The fourth-order valence-corrected chi connectivity index (χ4v) is 2.92. The minimum absolute atomic E-state index is 1.07. The molecule has 0 saturated heterocycles. The van der Waals surface area contributed by atoms with E-state index in [0.717, 1.165) is 13.0 Å². The number of aromatic nitrogens is 2. The molecule has 1 aromatic heterocycles. The normalized spacial score (nSPS) is 11.0. The van der Waals surface area contributed by atoms with Gasteiger partial charge in [0, 0.05) is 6.42 Å². The first-order chi connectivity index (χ1) is 10.4.